The van der Waals surface area contributed by atoms with Gasteiger partial charge >= 0.3 is 0 Å². The third kappa shape index (κ3) is 4.66. The van der Waals surface area contributed by atoms with Crippen LogP contribution in [0.15, 0.2) is 24.3 Å². The minimum Gasteiger partial charge on any atom is -0.497 e. The topological polar surface area (TPSA) is 66.9 Å². The van der Waals surface area contributed by atoms with Crippen molar-refractivity contribution >= 4 is 21.6 Å². The van der Waals surface area contributed by atoms with Crippen molar-refractivity contribution in [1.82, 2.24) is 4.90 Å². The Kier molecular flexibility index (Phi) is 6.32. The van der Waals surface area contributed by atoms with Gasteiger partial charge in [0.25, 0.3) is 0 Å². The fraction of sp³-hybridized carbons (Fsp3) is 0.611. The second-order valence-electron chi connectivity index (χ2n) is 6.69. The zero-order chi connectivity index (χ0) is 18.6. The number of piperidine rings is 1. The molecule has 6 nitrogen and oxygen atoms in total. The number of hydrogen-bond acceptors (Lipinski definition) is 4. The van der Waals surface area contributed by atoms with Crippen molar-refractivity contribution in [2.75, 3.05) is 30.8 Å². The van der Waals surface area contributed by atoms with E-state index in [2.05, 4.69) is 6.92 Å². The lowest BCUT2D eigenvalue weighted by atomic mass is 9.98. The minimum atomic E-state index is -3.60. The summed E-state index contributed by atoms with van der Waals surface area (Å²) in [6.07, 6.45) is 3.49. The summed E-state index contributed by atoms with van der Waals surface area (Å²) in [6, 6.07) is 6.03. The van der Waals surface area contributed by atoms with Crippen molar-refractivity contribution in [3.63, 3.8) is 0 Å². The van der Waals surface area contributed by atoms with Crippen molar-refractivity contribution in [3.05, 3.63) is 24.3 Å². The van der Waals surface area contributed by atoms with E-state index < -0.39 is 16.1 Å². The maximum atomic E-state index is 13.0. The van der Waals surface area contributed by atoms with Crippen LogP contribution in [0.25, 0.3) is 0 Å². The summed E-state index contributed by atoms with van der Waals surface area (Å²) in [6.45, 7) is 5.41. The zero-order valence-corrected chi connectivity index (χ0v) is 16.3. The minimum absolute atomic E-state index is 0.115. The average Bonchev–Trinajstić information content (AvgIpc) is 2.58. The highest BCUT2D eigenvalue weighted by Crippen LogP contribution is 2.27. The first kappa shape index (κ1) is 19.6. The van der Waals surface area contributed by atoms with Crippen molar-refractivity contribution in [2.45, 2.75) is 39.2 Å². The van der Waals surface area contributed by atoms with E-state index in [0.717, 1.165) is 19.1 Å². The number of amides is 1. The van der Waals surface area contributed by atoms with E-state index in [4.69, 9.17) is 4.74 Å². The van der Waals surface area contributed by atoms with Crippen molar-refractivity contribution < 1.29 is 17.9 Å². The van der Waals surface area contributed by atoms with Crippen LogP contribution in [-0.2, 0) is 14.8 Å². The summed E-state index contributed by atoms with van der Waals surface area (Å²) in [4.78, 5) is 14.8. The quantitative estimate of drug-likeness (QED) is 0.774. The number of rotatable bonds is 6. The number of nitrogens with zero attached hydrogens (tertiary/aromatic N) is 2. The van der Waals surface area contributed by atoms with E-state index in [1.165, 1.54) is 4.31 Å². The number of methoxy groups -OCH3 is 1. The predicted molar refractivity (Wildman–Crippen MR) is 99.4 cm³/mol. The summed E-state index contributed by atoms with van der Waals surface area (Å²) < 4.78 is 31.3. The molecule has 0 unspecified atom stereocenters. The predicted octanol–water partition coefficient (Wildman–Crippen LogP) is 2.50. The fourth-order valence-corrected chi connectivity index (χ4v) is 4.42. The Morgan fingerprint density at radius 3 is 2.28 bits per heavy atom. The largest absolute Gasteiger partial charge is 0.497 e. The smallest absolute Gasteiger partial charge is 0.246 e. The molecular weight excluding hydrogens is 340 g/mol. The van der Waals surface area contributed by atoms with Gasteiger partial charge in [0.05, 0.1) is 19.1 Å². The molecule has 1 aliphatic rings. The fourth-order valence-electron chi connectivity index (χ4n) is 3.21. The van der Waals surface area contributed by atoms with Crippen LogP contribution in [0.5, 0.6) is 5.75 Å². The van der Waals surface area contributed by atoms with Gasteiger partial charge in [0.15, 0.2) is 0 Å². The number of ether oxygens (including phenoxy) is 1. The third-order valence-corrected chi connectivity index (χ3v) is 5.91. The van der Waals surface area contributed by atoms with Gasteiger partial charge in [0.1, 0.15) is 11.8 Å². The summed E-state index contributed by atoms with van der Waals surface area (Å²) in [5, 5.41) is 0. The van der Waals surface area contributed by atoms with Gasteiger partial charge in [-0.2, -0.15) is 0 Å². The molecule has 7 heteroatoms. The normalized spacial score (nSPS) is 17.2. The van der Waals surface area contributed by atoms with E-state index in [-0.39, 0.29) is 5.91 Å². The lowest BCUT2D eigenvalue weighted by molar-refractivity contribution is -0.133. The summed E-state index contributed by atoms with van der Waals surface area (Å²) in [5.41, 5.74) is 0.480. The molecule has 0 radical (unpaired) electrons. The maximum absolute atomic E-state index is 13.0. The van der Waals surface area contributed by atoms with Gasteiger partial charge in [-0.05, 0) is 49.4 Å². The summed E-state index contributed by atoms with van der Waals surface area (Å²) in [5.74, 6) is 1.13. The van der Waals surface area contributed by atoms with E-state index in [9.17, 15) is 13.2 Å². The highest BCUT2D eigenvalue weighted by molar-refractivity contribution is 7.92. The van der Waals surface area contributed by atoms with E-state index in [0.29, 0.717) is 36.9 Å². The molecule has 1 heterocycles. The van der Waals surface area contributed by atoms with Gasteiger partial charge < -0.3 is 9.64 Å². The van der Waals surface area contributed by atoms with Gasteiger partial charge in [0, 0.05) is 13.1 Å². The van der Waals surface area contributed by atoms with Gasteiger partial charge in [0.2, 0.25) is 15.9 Å². The first-order chi connectivity index (χ1) is 11.8. The molecule has 0 aliphatic carbocycles. The van der Waals surface area contributed by atoms with Crippen molar-refractivity contribution in [3.8, 4) is 5.75 Å². The molecule has 0 N–H and O–H groups in total. The van der Waals surface area contributed by atoms with Gasteiger partial charge in [-0.25, -0.2) is 8.42 Å². The van der Waals surface area contributed by atoms with E-state index in [1.807, 2.05) is 6.92 Å². The molecule has 140 valence electrons. The number of benzene rings is 1. The summed E-state index contributed by atoms with van der Waals surface area (Å²) >= 11 is 0. The Labute approximate surface area is 150 Å². The molecule has 1 aromatic carbocycles. The maximum Gasteiger partial charge on any atom is 0.246 e. The van der Waals surface area contributed by atoms with Crippen LogP contribution in [0.4, 0.5) is 5.69 Å². The SMILES string of the molecule is CC[C@@H](C(=O)N1CCC(C)CC1)N(c1ccc(OC)cc1)S(C)(=O)=O. The van der Waals surface area contributed by atoms with Crippen LogP contribution in [0, 0.1) is 5.92 Å². The number of sulfonamides is 1. The Bertz CT molecular complexity index is 680. The Morgan fingerprint density at radius 2 is 1.84 bits per heavy atom. The third-order valence-electron chi connectivity index (χ3n) is 4.73. The Balaban J connectivity index is 2.32. The molecule has 25 heavy (non-hydrogen) atoms. The average molecular weight is 368 g/mol. The Morgan fingerprint density at radius 1 is 1.28 bits per heavy atom. The highest BCUT2D eigenvalue weighted by atomic mass is 32.2. The molecular formula is C18H28N2O4S. The van der Waals surface area contributed by atoms with Crippen LogP contribution in [0.2, 0.25) is 0 Å². The molecule has 1 saturated heterocycles. The lowest BCUT2D eigenvalue weighted by Gasteiger charge is -2.37. The zero-order valence-electron chi connectivity index (χ0n) is 15.4. The number of carbonyl (C=O) groups is 1. The number of anilines is 1. The first-order valence-electron chi connectivity index (χ1n) is 8.70. The molecule has 1 aromatic rings. The highest BCUT2D eigenvalue weighted by Gasteiger charge is 2.35. The van der Waals surface area contributed by atoms with Crippen LogP contribution < -0.4 is 9.04 Å². The molecule has 0 saturated carbocycles. The standard InChI is InChI=1S/C18H28N2O4S/c1-5-17(18(21)19-12-10-14(2)11-13-19)20(25(4,22)23)15-6-8-16(24-3)9-7-15/h6-9,14,17H,5,10-13H2,1-4H3/t17-/m0/s1. The monoisotopic (exact) mass is 368 g/mol. The number of hydrogen-bond donors (Lipinski definition) is 0. The first-order valence-corrected chi connectivity index (χ1v) is 10.5. The molecule has 0 spiro atoms. The molecule has 1 aliphatic heterocycles. The molecule has 0 aromatic heterocycles. The van der Waals surface area contributed by atoms with Crippen molar-refractivity contribution in [1.29, 1.82) is 0 Å². The van der Waals surface area contributed by atoms with Crippen LogP contribution >= 0.6 is 0 Å². The molecule has 0 bridgehead atoms. The second kappa shape index (κ2) is 8.08. The molecule has 2 rings (SSSR count). The van der Waals surface area contributed by atoms with Crippen LogP contribution in [0.1, 0.15) is 33.1 Å². The second-order valence-corrected chi connectivity index (χ2v) is 8.55. The molecule has 1 amide bonds. The van der Waals surface area contributed by atoms with Crippen LogP contribution in [0.3, 0.4) is 0 Å². The Hall–Kier alpha value is -1.76. The lowest BCUT2D eigenvalue weighted by Crippen LogP contribution is -2.52. The van der Waals surface area contributed by atoms with Crippen LogP contribution in [-0.4, -0.2) is 51.7 Å². The van der Waals surface area contributed by atoms with Crippen molar-refractivity contribution in [2.24, 2.45) is 5.92 Å². The van der Waals surface area contributed by atoms with Gasteiger partial charge in [-0.1, -0.05) is 13.8 Å². The molecule has 1 fully saturated rings. The number of likely N-dealkylation sites (tertiary alicyclic amines) is 1. The van der Waals surface area contributed by atoms with Gasteiger partial charge in [-0.3, -0.25) is 9.10 Å². The summed E-state index contributed by atoms with van der Waals surface area (Å²) in [7, 11) is -2.04. The number of carbonyl (C=O) groups excluding carboxylic acids is 1. The van der Waals surface area contributed by atoms with Gasteiger partial charge in [-0.15, -0.1) is 0 Å². The van der Waals surface area contributed by atoms with E-state index >= 15 is 0 Å². The molecule has 1 atom stereocenters. The van der Waals surface area contributed by atoms with E-state index in [1.54, 1.807) is 36.3 Å².